The lowest BCUT2D eigenvalue weighted by Crippen LogP contribution is -2.01. The fraction of sp³-hybridized carbons (Fsp3) is 0.444. The molecule has 2 rings (SSSR count). The van der Waals surface area contributed by atoms with Gasteiger partial charge in [0.2, 0.25) is 5.13 Å². The van der Waals surface area contributed by atoms with Gasteiger partial charge >= 0.3 is 5.69 Å². The molecule has 18 heavy (non-hydrogen) atoms. The van der Waals surface area contributed by atoms with Crippen LogP contribution in [0.2, 0.25) is 0 Å². The van der Waals surface area contributed by atoms with Gasteiger partial charge in [0.25, 0.3) is 0 Å². The summed E-state index contributed by atoms with van der Waals surface area (Å²) in [6.07, 6.45) is 3.30. The highest BCUT2D eigenvalue weighted by atomic mass is 32.1. The molecule has 0 aliphatic rings. The SMILES string of the molecule is CCNc1nnc(CCn2cc([N+](=O)[O-])cn2)s1. The number of aryl methyl sites for hydroxylation is 2. The van der Waals surface area contributed by atoms with Gasteiger partial charge in [0.15, 0.2) is 0 Å². The fourth-order valence-electron chi connectivity index (χ4n) is 1.36. The molecule has 0 saturated heterocycles. The highest BCUT2D eigenvalue weighted by Gasteiger charge is 2.09. The molecule has 0 aliphatic heterocycles. The molecule has 0 bridgehead atoms. The van der Waals surface area contributed by atoms with Crippen molar-refractivity contribution in [3.63, 3.8) is 0 Å². The van der Waals surface area contributed by atoms with E-state index in [0.29, 0.717) is 13.0 Å². The third-order valence-corrected chi connectivity index (χ3v) is 3.12. The first-order valence-electron chi connectivity index (χ1n) is 5.42. The molecule has 0 aromatic carbocycles. The van der Waals surface area contributed by atoms with Crippen LogP contribution in [0.3, 0.4) is 0 Å². The lowest BCUT2D eigenvalue weighted by Gasteiger charge is -1.96. The third kappa shape index (κ3) is 3.00. The van der Waals surface area contributed by atoms with Crippen LogP contribution in [0.4, 0.5) is 10.8 Å². The number of aromatic nitrogens is 4. The molecule has 0 atom stereocenters. The zero-order valence-electron chi connectivity index (χ0n) is 9.74. The van der Waals surface area contributed by atoms with Crippen molar-refractivity contribution < 1.29 is 4.92 Å². The summed E-state index contributed by atoms with van der Waals surface area (Å²) in [5.41, 5.74) is 0.000558. The van der Waals surface area contributed by atoms with E-state index in [4.69, 9.17) is 0 Å². The number of hydrogen-bond donors (Lipinski definition) is 1. The van der Waals surface area contributed by atoms with Crippen LogP contribution in [0.25, 0.3) is 0 Å². The van der Waals surface area contributed by atoms with Crippen molar-refractivity contribution in [1.29, 1.82) is 0 Å². The van der Waals surface area contributed by atoms with Gasteiger partial charge < -0.3 is 5.32 Å². The summed E-state index contributed by atoms with van der Waals surface area (Å²) in [5.74, 6) is 0. The lowest BCUT2D eigenvalue weighted by atomic mass is 10.4. The van der Waals surface area contributed by atoms with E-state index in [9.17, 15) is 10.1 Å². The number of nitrogens with zero attached hydrogens (tertiary/aromatic N) is 5. The molecular formula is C9H12N6O2S. The normalized spacial score (nSPS) is 10.5. The molecule has 0 amide bonds. The maximum Gasteiger partial charge on any atom is 0.306 e. The van der Waals surface area contributed by atoms with E-state index in [1.807, 2.05) is 6.92 Å². The van der Waals surface area contributed by atoms with E-state index in [0.717, 1.165) is 16.7 Å². The standard InChI is InChI=1S/C9H12N6O2S/c1-2-10-9-13-12-8(18-9)3-4-14-6-7(5-11-14)15(16)17/h5-6H,2-4H2,1H3,(H,10,13). The minimum Gasteiger partial charge on any atom is -0.360 e. The summed E-state index contributed by atoms with van der Waals surface area (Å²) in [6, 6.07) is 0. The zero-order chi connectivity index (χ0) is 13.0. The highest BCUT2D eigenvalue weighted by molar-refractivity contribution is 7.15. The molecule has 1 N–H and O–H groups in total. The van der Waals surface area contributed by atoms with Crippen LogP contribution in [-0.4, -0.2) is 31.4 Å². The van der Waals surface area contributed by atoms with E-state index < -0.39 is 4.92 Å². The van der Waals surface area contributed by atoms with Gasteiger partial charge in [0.1, 0.15) is 17.4 Å². The maximum atomic E-state index is 10.5. The second kappa shape index (κ2) is 5.54. The van der Waals surface area contributed by atoms with Gasteiger partial charge in [-0.2, -0.15) is 5.10 Å². The Morgan fingerprint density at radius 1 is 1.56 bits per heavy atom. The summed E-state index contributed by atoms with van der Waals surface area (Å²) >= 11 is 1.48. The van der Waals surface area contributed by atoms with Crippen molar-refractivity contribution in [1.82, 2.24) is 20.0 Å². The van der Waals surface area contributed by atoms with Crippen LogP contribution in [0, 0.1) is 10.1 Å². The van der Waals surface area contributed by atoms with Crippen LogP contribution >= 0.6 is 11.3 Å². The van der Waals surface area contributed by atoms with Gasteiger partial charge in [-0.25, -0.2) is 0 Å². The lowest BCUT2D eigenvalue weighted by molar-refractivity contribution is -0.385. The molecule has 96 valence electrons. The van der Waals surface area contributed by atoms with E-state index in [2.05, 4.69) is 20.6 Å². The van der Waals surface area contributed by atoms with Crippen LogP contribution in [0.15, 0.2) is 12.4 Å². The first-order chi connectivity index (χ1) is 8.69. The van der Waals surface area contributed by atoms with E-state index in [-0.39, 0.29) is 5.69 Å². The summed E-state index contributed by atoms with van der Waals surface area (Å²) in [5, 5.41) is 27.1. The number of rotatable bonds is 6. The Morgan fingerprint density at radius 3 is 3.06 bits per heavy atom. The number of nitrogens with one attached hydrogen (secondary N) is 1. The number of anilines is 1. The second-order valence-electron chi connectivity index (χ2n) is 3.50. The van der Waals surface area contributed by atoms with Gasteiger partial charge in [-0.3, -0.25) is 14.8 Å². The minimum absolute atomic E-state index is 0.000558. The van der Waals surface area contributed by atoms with Crippen molar-refractivity contribution in [2.75, 3.05) is 11.9 Å². The Balaban J connectivity index is 1.91. The predicted octanol–water partition coefficient (Wildman–Crippen LogP) is 1.32. The molecule has 0 unspecified atom stereocenters. The highest BCUT2D eigenvalue weighted by Crippen LogP contribution is 2.16. The van der Waals surface area contributed by atoms with E-state index >= 15 is 0 Å². The Hall–Kier alpha value is -2.03. The Kier molecular flexibility index (Phi) is 3.82. The molecule has 0 spiro atoms. The first kappa shape index (κ1) is 12.4. The molecule has 0 radical (unpaired) electrons. The quantitative estimate of drug-likeness (QED) is 0.626. The predicted molar refractivity (Wildman–Crippen MR) is 66.7 cm³/mol. The Bertz CT molecular complexity index is 537. The van der Waals surface area contributed by atoms with Crippen molar-refractivity contribution >= 4 is 22.2 Å². The first-order valence-corrected chi connectivity index (χ1v) is 6.23. The minimum atomic E-state index is -0.461. The topological polar surface area (TPSA) is 98.8 Å². The molecule has 2 aromatic heterocycles. The summed E-state index contributed by atoms with van der Waals surface area (Å²) < 4.78 is 1.53. The Morgan fingerprint density at radius 2 is 2.39 bits per heavy atom. The molecule has 2 aromatic rings. The van der Waals surface area contributed by atoms with E-state index in [1.54, 1.807) is 0 Å². The monoisotopic (exact) mass is 268 g/mol. The van der Waals surface area contributed by atoms with Gasteiger partial charge in [-0.15, -0.1) is 10.2 Å². The molecule has 0 saturated carbocycles. The maximum absolute atomic E-state index is 10.5. The third-order valence-electron chi connectivity index (χ3n) is 2.18. The van der Waals surface area contributed by atoms with Gasteiger partial charge in [0, 0.05) is 19.5 Å². The molecule has 2 heterocycles. The van der Waals surface area contributed by atoms with Crippen molar-refractivity contribution in [2.45, 2.75) is 19.9 Å². The molecule has 0 fully saturated rings. The average molecular weight is 268 g/mol. The Labute approximate surface area is 107 Å². The molecule has 9 heteroatoms. The van der Waals surface area contributed by atoms with Crippen LogP contribution in [-0.2, 0) is 13.0 Å². The number of hydrogen-bond acceptors (Lipinski definition) is 7. The van der Waals surface area contributed by atoms with Crippen LogP contribution in [0.1, 0.15) is 11.9 Å². The average Bonchev–Trinajstić information content (AvgIpc) is 2.95. The van der Waals surface area contributed by atoms with Gasteiger partial charge in [-0.1, -0.05) is 11.3 Å². The van der Waals surface area contributed by atoms with Crippen molar-refractivity contribution in [2.24, 2.45) is 0 Å². The largest absolute Gasteiger partial charge is 0.360 e. The van der Waals surface area contributed by atoms with Crippen LogP contribution < -0.4 is 5.32 Å². The summed E-state index contributed by atoms with van der Waals surface area (Å²) in [7, 11) is 0. The van der Waals surface area contributed by atoms with Crippen molar-refractivity contribution in [3.05, 3.63) is 27.5 Å². The second-order valence-corrected chi connectivity index (χ2v) is 4.56. The molecule has 8 nitrogen and oxygen atoms in total. The van der Waals surface area contributed by atoms with Gasteiger partial charge in [-0.05, 0) is 6.92 Å². The van der Waals surface area contributed by atoms with Crippen LogP contribution in [0.5, 0.6) is 0 Å². The smallest absolute Gasteiger partial charge is 0.306 e. The summed E-state index contributed by atoms with van der Waals surface area (Å²) in [4.78, 5) is 10.0. The fourth-order valence-corrected chi connectivity index (χ4v) is 2.15. The number of nitro groups is 1. The van der Waals surface area contributed by atoms with E-state index in [1.165, 1.54) is 28.4 Å². The van der Waals surface area contributed by atoms with Gasteiger partial charge in [0.05, 0.1) is 4.92 Å². The molecule has 0 aliphatic carbocycles. The zero-order valence-corrected chi connectivity index (χ0v) is 10.6. The summed E-state index contributed by atoms with van der Waals surface area (Å²) in [6.45, 7) is 3.35. The van der Waals surface area contributed by atoms with Crippen molar-refractivity contribution in [3.8, 4) is 0 Å². The molecular weight excluding hydrogens is 256 g/mol.